The number of nitrogens with one attached hydrogen (secondary N) is 1. The lowest BCUT2D eigenvalue weighted by Gasteiger charge is -2.07. The minimum absolute atomic E-state index is 0.0104. The molecule has 0 fully saturated rings. The number of amides is 1. The smallest absolute Gasteiger partial charge is 0.266 e. The topological polar surface area (TPSA) is 62.1 Å². The molecule has 0 bridgehead atoms. The van der Waals surface area contributed by atoms with E-state index in [-0.39, 0.29) is 5.57 Å². The van der Waals surface area contributed by atoms with Crippen LogP contribution in [0.5, 0.6) is 5.75 Å². The zero-order chi connectivity index (χ0) is 17.7. The molecule has 0 unspecified atom stereocenters. The second-order valence-corrected chi connectivity index (χ2v) is 6.24. The molecule has 0 radical (unpaired) electrons. The molecule has 0 atom stereocenters. The Morgan fingerprint density at radius 2 is 2.08 bits per heavy atom. The third-order valence-electron chi connectivity index (χ3n) is 3.28. The van der Waals surface area contributed by atoms with Crippen LogP contribution in [0.3, 0.4) is 0 Å². The van der Waals surface area contributed by atoms with Gasteiger partial charge in [0.25, 0.3) is 5.91 Å². The maximum Gasteiger partial charge on any atom is 0.266 e. The van der Waals surface area contributed by atoms with Crippen LogP contribution in [-0.2, 0) is 4.79 Å². The molecule has 24 heavy (non-hydrogen) atoms. The molecule has 0 aliphatic heterocycles. The Labute approximate surface area is 153 Å². The van der Waals surface area contributed by atoms with Gasteiger partial charge in [-0.15, -0.1) is 0 Å². The predicted molar refractivity (Wildman–Crippen MR) is 99.1 cm³/mol. The quantitative estimate of drug-likeness (QED) is 0.577. The van der Waals surface area contributed by atoms with Crippen LogP contribution in [0.1, 0.15) is 11.1 Å². The van der Waals surface area contributed by atoms with Gasteiger partial charge in [0.05, 0.1) is 11.6 Å². The Morgan fingerprint density at radius 1 is 1.33 bits per heavy atom. The monoisotopic (exact) mass is 404 g/mol. The molecule has 2 aromatic rings. The van der Waals surface area contributed by atoms with Crippen molar-refractivity contribution in [3.63, 3.8) is 0 Å². The SMILES string of the molecule is COc1ccc(/C=C(\C#N)C(=O)Nc2ccc(C)c(Cl)c2)cc1Br. The molecular formula is C18H14BrClN2O2. The summed E-state index contributed by atoms with van der Waals surface area (Å²) in [6.07, 6.45) is 1.51. The minimum Gasteiger partial charge on any atom is -0.496 e. The summed E-state index contributed by atoms with van der Waals surface area (Å²) in [7, 11) is 1.57. The second kappa shape index (κ2) is 8.00. The number of methoxy groups -OCH3 is 1. The van der Waals surface area contributed by atoms with Crippen molar-refractivity contribution in [1.82, 2.24) is 0 Å². The van der Waals surface area contributed by atoms with E-state index in [1.165, 1.54) is 6.08 Å². The van der Waals surface area contributed by atoms with Crippen LogP contribution < -0.4 is 10.1 Å². The average molecular weight is 406 g/mol. The highest BCUT2D eigenvalue weighted by Crippen LogP contribution is 2.26. The summed E-state index contributed by atoms with van der Waals surface area (Å²) in [4.78, 5) is 12.3. The number of nitrogens with zero attached hydrogens (tertiary/aromatic N) is 1. The second-order valence-electron chi connectivity index (χ2n) is 4.98. The first kappa shape index (κ1) is 18.1. The fraction of sp³-hybridized carbons (Fsp3) is 0.111. The van der Waals surface area contributed by atoms with Crippen molar-refractivity contribution in [2.24, 2.45) is 0 Å². The Balaban J connectivity index is 2.23. The van der Waals surface area contributed by atoms with Crippen molar-refractivity contribution in [3.8, 4) is 11.8 Å². The van der Waals surface area contributed by atoms with E-state index in [9.17, 15) is 10.1 Å². The van der Waals surface area contributed by atoms with Crippen LogP contribution in [-0.4, -0.2) is 13.0 Å². The fourth-order valence-corrected chi connectivity index (χ4v) is 2.70. The summed E-state index contributed by atoms with van der Waals surface area (Å²) in [5, 5.41) is 12.5. The molecule has 1 N–H and O–H groups in total. The van der Waals surface area contributed by atoms with Crippen molar-refractivity contribution < 1.29 is 9.53 Å². The van der Waals surface area contributed by atoms with Crippen LogP contribution in [0.15, 0.2) is 46.4 Å². The van der Waals surface area contributed by atoms with Crippen LogP contribution in [0.25, 0.3) is 6.08 Å². The third-order valence-corrected chi connectivity index (χ3v) is 4.31. The lowest BCUT2D eigenvalue weighted by atomic mass is 10.1. The summed E-state index contributed by atoms with van der Waals surface area (Å²) >= 11 is 9.41. The van der Waals surface area contributed by atoms with Gasteiger partial charge in [-0.25, -0.2) is 0 Å². The number of carbonyl (C=O) groups excluding carboxylic acids is 1. The van der Waals surface area contributed by atoms with Crippen molar-refractivity contribution in [2.75, 3.05) is 12.4 Å². The summed E-state index contributed by atoms with van der Waals surface area (Å²) in [6.45, 7) is 1.87. The zero-order valence-corrected chi connectivity index (χ0v) is 15.4. The number of hydrogen-bond donors (Lipinski definition) is 1. The Morgan fingerprint density at radius 3 is 2.67 bits per heavy atom. The minimum atomic E-state index is -0.496. The van der Waals surface area contributed by atoms with Crippen LogP contribution >= 0.6 is 27.5 Å². The van der Waals surface area contributed by atoms with E-state index in [4.69, 9.17) is 16.3 Å². The first-order valence-electron chi connectivity index (χ1n) is 6.97. The van der Waals surface area contributed by atoms with Crippen molar-refractivity contribution >= 4 is 45.2 Å². The molecule has 122 valence electrons. The van der Waals surface area contributed by atoms with Gasteiger partial charge in [-0.3, -0.25) is 4.79 Å². The molecule has 0 aromatic heterocycles. The maximum absolute atomic E-state index is 12.3. The number of nitriles is 1. The Kier molecular flexibility index (Phi) is 6.02. The summed E-state index contributed by atoms with van der Waals surface area (Å²) in [5.41, 5.74) is 2.14. The van der Waals surface area contributed by atoms with Gasteiger partial charge in [-0.2, -0.15) is 5.26 Å². The lowest BCUT2D eigenvalue weighted by Crippen LogP contribution is -2.13. The fourth-order valence-electron chi connectivity index (χ4n) is 1.96. The largest absolute Gasteiger partial charge is 0.496 e. The van der Waals surface area contributed by atoms with E-state index in [1.54, 1.807) is 43.5 Å². The van der Waals surface area contributed by atoms with Gasteiger partial charge in [0.1, 0.15) is 17.4 Å². The van der Waals surface area contributed by atoms with Crippen LogP contribution in [0.4, 0.5) is 5.69 Å². The average Bonchev–Trinajstić information content (AvgIpc) is 2.56. The maximum atomic E-state index is 12.3. The van der Waals surface area contributed by atoms with Crippen LogP contribution in [0.2, 0.25) is 5.02 Å². The molecule has 0 aliphatic carbocycles. The number of halogens is 2. The molecule has 0 saturated heterocycles. The summed E-state index contributed by atoms with van der Waals surface area (Å²) in [5.74, 6) is 0.175. The molecule has 1 amide bonds. The summed E-state index contributed by atoms with van der Waals surface area (Å²) < 4.78 is 5.89. The first-order chi connectivity index (χ1) is 11.4. The number of anilines is 1. The molecule has 0 spiro atoms. The number of carbonyl (C=O) groups is 1. The van der Waals surface area contributed by atoms with E-state index >= 15 is 0 Å². The third kappa shape index (κ3) is 4.38. The predicted octanol–water partition coefficient (Wildman–Crippen LogP) is 4.97. The number of rotatable bonds is 4. The highest BCUT2D eigenvalue weighted by atomic mass is 79.9. The van der Waals surface area contributed by atoms with Gasteiger partial charge < -0.3 is 10.1 Å². The number of benzene rings is 2. The van der Waals surface area contributed by atoms with Gasteiger partial charge >= 0.3 is 0 Å². The highest BCUT2D eigenvalue weighted by molar-refractivity contribution is 9.10. The highest BCUT2D eigenvalue weighted by Gasteiger charge is 2.11. The Hall–Kier alpha value is -2.29. The molecule has 0 heterocycles. The van der Waals surface area contributed by atoms with E-state index in [1.807, 2.05) is 13.0 Å². The Bertz CT molecular complexity index is 857. The van der Waals surface area contributed by atoms with E-state index in [0.29, 0.717) is 22.0 Å². The van der Waals surface area contributed by atoms with E-state index in [2.05, 4.69) is 21.2 Å². The molecule has 6 heteroatoms. The lowest BCUT2D eigenvalue weighted by molar-refractivity contribution is -0.112. The van der Waals surface area contributed by atoms with Gasteiger partial charge in [0.15, 0.2) is 0 Å². The van der Waals surface area contributed by atoms with Gasteiger partial charge in [0.2, 0.25) is 0 Å². The molecule has 0 aliphatic rings. The number of hydrogen-bond acceptors (Lipinski definition) is 3. The van der Waals surface area contributed by atoms with Crippen molar-refractivity contribution in [3.05, 3.63) is 62.6 Å². The molecule has 0 saturated carbocycles. The summed E-state index contributed by atoms with van der Waals surface area (Å²) in [6, 6.07) is 12.4. The number of aryl methyl sites for hydroxylation is 1. The van der Waals surface area contributed by atoms with E-state index in [0.717, 1.165) is 10.0 Å². The van der Waals surface area contributed by atoms with Gasteiger partial charge in [-0.1, -0.05) is 23.7 Å². The molecular weight excluding hydrogens is 392 g/mol. The van der Waals surface area contributed by atoms with Crippen LogP contribution in [0, 0.1) is 18.3 Å². The van der Waals surface area contributed by atoms with Gasteiger partial charge in [-0.05, 0) is 64.3 Å². The molecule has 2 rings (SSSR count). The molecule has 2 aromatic carbocycles. The first-order valence-corrected chi connectivity index (χ1v) is 8.14. The standard InChI is InChI=1S/C18H14BrClN2O2/c1-11-3-5-14(9-16(11)20)22-18(23)13(10-21)7-12-4-6-17(24-2)15(19)8-12/h3-9H,1-2H3,(H,22,23)/b13-7+. The van der Waals surface area contributed by atoms with E-state index < -0.39 is 5.91 Å². The van der Waals surface area contributed by atoms with Crippen molar-refractivity contribution in [2.45, 2.75) is 6.92 Å². The number of ether oxygens (including phenoxy) is 1. The normalized spacial score (nSPS) is 10.9. The molecule has 4 nitrogen and oxygen atoms in total. The van der Waals surface area contributed by atoms with Crippen molar-refractivity contribution in [1.29, 1.82) is 5.26 Å². The van der Waals surface area contributed by atoms with Gasteiger partial charge in [0, 0.05) is 10.7 Å². The zero-order valence-electron chi connectivity index (χ0n) is 13.1.